The zero-order valence-electron chi connectivity index (χ0n) is 26.6. The first kappa shape index (κ1) is 30.0. The molecule has 0 aliphatic rings. The maximum atomic E-state index is 6.57. The summed E-state index contributed by atoms with van der Waals surface area (Å²) >= 11 is 0. The summed E-state index contributed by atoms with van der Waals surface area (Å²) < 4.78 is 10.8. The molecular formula is C40H28N6OPt. The largest absolute Gasteiger partial charge is 2.00 e. The van der Waals surface area contributed by atoms with Gasteiger partial charge in [-0.2, -0.15) is 11.2 Å². The van der Waals surface area contributed by atoms with E-state index in [2.05, 4.69) is 108 Å². The third kappa shape index (κ3) is 4.45. The molecular weight excluding hydrogens is 776 g/mol. The van der Waals surface area contributed by atoms with Crippen LogP contribution in [0.5, 0.6) is 11.5 Å². The Morgan fingerprint density at radius 3 is 2.25 bits per heavy atom. The van der Waals surface area contributed by atoms with Gasteiger partial charge in [0.1, 0.15) is 5.82 Å². The molecule has 9 rings (SSSR count). The average Bonchev–Trinajstić information content (AvgIpc) is 3.66. The third-order valence-electron chi connectivity index (χ3n) is 9.05. The van der Waals surface area contributed by atoms with Gasteiger partial charge in [-0.3, -0.25) is 0 Å². The predicted molar refractivity (Wildman–Crippen MR) is 186 cm³/mol. The van der Waals surface area contributed by atoms with Crippen molar-refractivity contribution in [3.63, 3.8) is 0 Å². The van der Waals surface area contributed by atoms with Crippen LogP contribution in [0.25, 0.3) is 66.5 Å². The number of fused-ring (bicyclic) bond motifs is 9. The molecule has 0 bridgehead atoms. The number of rotatable bonds is 4. The van der Waals surface area contributed by atoms with Crippen molar-refractivity contribution in [2.45, 2.75) is 27.7 Å². The average molecular weight is 804 g/mol. The topological polar surface area (TPSA) is 70.1 Å². The molecule has 0 aliphatic heterocycles. The summed E-state index contributed by atoms with van der Waals surface area (Å²) in [5, 5.41) is 13.5. The quantitative estimate of drug-likeness (QED) is 0.131. The summed E-state index contributed by atoms with van der Waals surface area (Å²) in [5.74, 6) is 2.69. The van der Waals surface area contributed by atoms with E-state index in [1.165, 1.54) is 0 Å². The summed E-state index contributed by atoms with van der Waals surface area (Å²) in [7, 11) is 0. The Kier molecular flexibility index (Phi) is 7.11. The Morgan fingerprint density at radius 2 is 1.44 bits per heavy atom. The van der Waals surface area contributed by atoms with E-state index >= 15 is 0 Å². The molecule has 8 heteroatoms. The summed E-state index contributed by atoms with van der Waals surface area (Å²) in [5.41, 5.74) is 9.65. The molecule has 0 atom stereocenters. The minimum absolute atomic E-state index is 0. The van der Waals surface area contributed by atoms with Crippen LogP contribution in [0.4, 0.5) is 0 Å². The first-order valence-electron chi connectivity index (χ1n) is 15.6. The molecule has 7 nitrogen and oxygen atoms in total. The van der Waals surface area contributed by atoms with Gasteiger partial charge >= 0.3 is 21.1 Å². The van der Waals surface area contributed by atoms with Crippen molar-refractivity contribution in [2.75, 3.05) is 0 Å². The number of aryl methyl sites for hydroxylation is 4. The van der Waals surface area contributed by atoms with Gasteiger partial charge in [0.25, 0.3) is 0 Å². The van der Waals surface area contributed by atoms with E-state index in [1.54, 1.807) is 6.20 Å². The Bertz CT molecular complexity index is 2690. The maximum absolute atomic E-state index is 6.57. The molecule has 48 heavy (non-hydrogen) atoms. The van der Waals surface area contributed by atoms with Crippen LogP contribution in [0.2, 0.25) is 0 Å². The number of hydrogen-bond donors (Lipinski definition) is 0. The Labute approximate surface area is 291 Å². The molecule has 0 aliphatic carbocycles. The molecule has 0 saturated carbocycles. The minimum Gasteiger partial charge on any atom is -0.501 e. The molecule has 9 aromatic rings. The number of hydrogen-bond acceptors (Lipinski definition) is 5. The molecule has 234 valence electrons. The summed E-state index contributed by atoms with van der Waals surface area (Å²) in [4.78, 5) is 9.77. The summed E-state index contributed by atoms with van der Waals surface area (Å²) in [6.45, 7) is 8.29. The minimum atomic E-state index is 0. The molecule has 5 aromatic heterocycles. The second-order valence-corrected chi connectivity index (χ2v) is 12.0. The van der Waals surface area contributed by atoms with E-state index in [0.29, 0.717) is 17.1 Å². The van der Waals surface area contributed by atoms with Gasteiger partial charge < -0.3 is 18.7 Å². The van der Waals surface area contributed by atoms with Gasteiger partial charge in [-0.1, -0.05) is 78.5 Å². The third-order valence-corrected chi connectivity index (χ3v) is 9.05. The van der Waals surface area contributed by atoms with E-state index in [1.807, 2.05) is 37.3 Å². The molecule has 0 spiro atoms. The van der Waals surface area contributed by atoms with Crippen LogP contribution in [0.3, 0.4) is 0 Å². The van der Waals surface area contributed by atoms with Crippen molar-refractivity contribution >= 4 is 49.3 Å². The first-order chi connectivity index (χ1) is 23.0. The van der Waals surface area contributed by atoms with Gasteiger partial charge in [0.05, 0.1) is 11.4 Å². The number of pyridine rings is 3. The predicted octanol–water partition coefficient (Wildman–Crippen LogP) is 9.21. The molecule has 0 N–H and O–H groups in total. The van der Waals surface area contributed by atoms with Crippen molar-refractivity contribution in [3.8, 4) is 28.7 Å². The van der Waals surface area contributed by atoms with Crippen LogP contribution in [0.1, 0.15) is 22.4 Å². The number of nitrogens with zero attached hydrogens (tertiary/aromatic N) is 6. The number of aromatic nitrogens is 6. The second kappa shape index (κ2) is 11.4. The van der Waals surface area contributed by atoms with Gasteiger partial charge in [-0.05, 0) is 83.7 Å². The molecule has 4 aromatic carbocycles. The van der Waals surface area contributed by atoms with Crippen LogP contribution in [-0.2, 0) is 21.1 Å². The van der Waals surface area contributed by atoms with Gasteiger partial charge in [-0.15, -0.1) is 22.6 Å². The van der Waals surface area contributed by atoms with Crippen molar-refractivity contribution < 1.29 is 25.8 Å². The maximum Gasteiger partial charge on any atom is 2.00 e. The molecule has 0 radical (unpaired) electrons. The van der Waals surface area contributed by atoms with Crippen LogP contribution in [-0.4, -0.2) is 29.1 Å². The molecule has 5 heterocycles. The normalized spacial score (nSPS) is 11.6. The Morgan fingerprint density at radius 1 is 0.688 bits per heavy atom. The van der Waals surface area contributed by atoms with Crippen molar-refractivity contribution in [2.24, 2.45) is 0 Å². The smallest absolute Gasteiger partial charge is 0.501 e. The molecule has 0 unspecified atom stereocenters. The zero-order valence-corrected chi connectivity index (χ0v) is 28.9. The number of ether oxygens (including phenoxy) is 1. The molecule has 0 saturated heterocycles. The first-order valence-corrected chi connectivity index (χ1v) is 15.6. The number of benzene rings is 4. The number of para-hydroxylation sites is 1. The van der Waals surface area contributed by atoms with Crippen LogP contribution in [0.15, 0.2) is 97.2 Å². The SMILES string of the molecule is Cc1cccc(C)c1-c1nnc2c3[c-]c(Oc4[c-]c5c(cc4)c4ccccc4n5-c4ccccn4)c(C)nc3c3c(C)cccc3n12.[Pt+2]. The van der Waals surface area contributed by atoms with Crippen LogP contribution < -0.4 is 4.74 Å². The van der Waals surface area contributed by atoms with E-state index < -0.39 is 0 Å². The molecule has 0 amide bonds. The fraction of sp³-hybridized carbons (Fsp3) is 0.100. The fourth-order valence-electron chi connectivity index (χ4n) is 6.90. The van der Waals surface area contributed by atoms with Gasteiger partial charge in [0.2, 0.25) is 0 Å². The summed E-state index contributed by atoms with van der Waals surface area (Å²) in [6.07, 6.45) is 1.80. The Hall–Kier alpha value is -5.39. The van der Waals surface area contributed by atoms with Crippen molar-refractivity contribution in [3.05, 3.63) is 132 Å². The van der Waals surface area contributed by atoms with E-state index in [4.69, 9.17) is 19.9 Å². The van der Waals surface area contributed by atoms with Gasteiger partial charge in [-0.25, -0.2) is 4.98 Å². The van der Waals surface area contributed by atoms with Crippen LogP contribution in [0, 0.1) is 39.8 Å². The van der Waals surface area contributed by atoms with E-state index in [0.717, 1.165) is 83.2 Å². The zero-order chi connectivity index (χ0) is 31.8. The standard InChI is InChI=1S/C40H28N6O.Pt/c1-23-11-9-12-24(2)36(23)40-44-43-39-30-22-34(26(4)42-38(30)37-25(3)13-10-16-32(37)46(39)40)47-27-18-19-29-28-14-5-6-15-31(28)45(33(29)21-27)35-17-7-8-20-41-35;/h5-20H,1-4H3;/q-2;+2. The van der Waals surface area contributed by atoms with Gasteiger partial charge in [0.15, 0.2) is 5.82 Å². The van der Waals surface area contributed by atoms with Crippen molar-refractivity contribution in [1.82, 2.24) is 29.1 Å². The van der Waals surface area contributed by atoms with E-state index in [-0.39, 0.29) is 21.1 Å². The molecule has 0 fully saturated rings. The summed E-state index contributed by atoms with van der Waals surface area (Å²) in [6, 6.07) is 38.0. The monoisotopic (exact) mass is 803 g/mol. The van der Waals surface area contributed by atoms with Crippen LogP contribution >= 0.6 is 0 Å². The van der Waals surface area contributed by atoms with E-state index in [9.17, 15) is 0 Å². The Balaban J connectivity index is 0.00000336. The van der Waals surface area contributed by atoms with Gasteiger partial charge in [0, 0.05) is 28.5 Å². The van der Waals surface area contributed by atoms with Crippen molar-refractivity contribution in [1.29, 1.82) is 0 Å². The fourth-order valence-corrected chi connectivity index (χ4v) is 6.90. The second-order valence-electron chi connectivity index (χ2n) is 12.0.